The minimum atomic E-state index is 0.364. The summed E-state index contributed by atoms with van der Waals surface area (Å²) in [7, 11) is 0. The molecule has 1 rings (SSSR count). The Bertz CT molecular complexity index is 382. The van der Waals surface area contributed by atoms with Gasteiger partial charge in [0.25, 0.3) is 0 Å². The molecule has 1 N–H and O–H groups in total. The lowest BCUT2D eigenvalue weighted by Crippen LogP contribution is -2.33. The van der Waals surface area contributed by atoms with E-state index in [2.05, 4.69) is 81.0 Å². The summed E-state index contributed by atoms with van der Waals surface area (Å²) in [5.41, 5.74) is 1.31. The van der Waals surface area contributed by atoms with E-state index in [1.165, 1.54) is 18.5 Å². The molecule has 0 heterocycles. The van der Waals surface area contributed by atoms with Gasteiger partial charge in [-0.25, -0.2) is 0 Å². The van der Waals surface area contributed by atoms with Crippen LogP contribution in [0.2, 0.25) is 0 Å². The van der Waals surface area contributed by atoms with Crippen LogP contribution in [0.15, 0.2) is 27.1 Å². The largest absolute Gasteiger partial charge is 0.309 e. The molecular formula is C15H24Br2N2. The average molecular weight is 392 g/mol. The number of likely N-dealkylation sites (N-methyl/N-ethyl adjacent to an activating group) is 1. The third-order valence-corrected chi connectivity index (χ3v) is 4.47. The summed E-state index contributed by atoms with van der Waals surface area (Å²) in [6, 6.07) is 6.72. The lowest BCUT2D eigenvalue weighted by atomic mass is 10.1. The molecule has 0 bridgehead atoms. The lowest BCUT2D eigenvalue weighted by molar-refractivity contribution is 0.284. The molecule has 0 saturated heterocycles. The Labute approximate surface area is 134 Å². The Morgan fingerprint density at radius 2 is 1.95 bits per heavy atom. The molecule has 2 nitrogen and oxygen atoms in total. The maximum atomic E-state index is 3.63. The van der Waals surface area contributed by atoms with Crippen molar-refractivity contribution in [3.63, 3.8) is 0 Å². The van der Waals surface area contributed by atoms with Crippen molar-refractivity contribution in [3.05, 3.63) is 32.7 Å². The first-order valence-electron chi connectivity index (χ1n) is 6.99. The van der Waals surface area contributed by atoms with Crippen LogP contribution in [0.4, 0.5) is 0 Å². The van der Waals surface area contributed by atoms with Crippen LogP contribution in [-0.4, -0.2) is 31.1 Å². The summed E-state index contributed by atoms with van der Waals surface area (Å²) >= 11 is 7.11. The highest BCUT2D eigenvalue weighted by Gasteiger charge is 2.09. The number of halogens is 2. The van der Waals surface area contributed by atoms with Gasteiger partial charge in [-0.05, 0) is 44.1 Å². The van der Waals surface area contributed by atoms with Crippen LogP contribution in [0, 0.1) is 0 Å². The monoisotopic (exact) mass is 390 g/mol. The van der Waals surface area contributed by atoms with Crippen molar-refractivity contribution in [2.24, 2.45) is 0 Å². The van der Waals surface area contributed by atoms with Gasteiger partial charge < -0.3 is 10.2 Å². The van der Waals surface area contributed by atoms with E-state index in [1.54, 1.807) is 0 Å². The number of hydrogen-bond acceptors (Lipinski definition) is 2. The predicted octanol–water partition coefficient (Wildman–Crippen LogP) is 4.59. The quantitative estimate of drug-likeness (QED) is 0.696. The summed E-state index contributed by atoms with van der Waals surface area (Å²) in [6.45, 7) is 11.1. The van der Waals surface area contributed by atoms with Gasteiger partial charge in [0.1, 0.15) is 0 Å². The summed E-state index contributed by atoms with van der Waals surface area (Å²) < 4.78 is 2.26. The molecule has 0 amide bonds. The summed E-state index contributed by atoms with van der Waals surface area (Å²) in [5, 5.41) is 3.60. The van der Waals surface area contributed by atoms with Crippen molar-refractivity contribution in [1.29, 1.82) is 0 Å². The zero-order valence-electron chi connectivity index (χ0n) is 12.0. The molecule has 1 atom stereocenters. The number of nitrogens with one attached hydrogen (secondary N) is 1. The van der Waals surface area contributed by atoms with Crippen LogP contribution in [0.3, 0.4) is 0 Å². The SMILES string of the molecule is CCCN(CC)CCNC(C)c1ccc(Br)cc1Br. The van der Waals surface area contributed by atoms with Gasteiger partial charge >= 0.3 is 0 Å². The van der Waals surface area contributed by atoms with E-state index in [0.29, 0.717) is 6.04 Å². The number of hydrogen-bond donors (Lipinski definition) is 1. The van der Waals surface area contributed by atoms with E-state index in [9.17, 15) is 0 Å². The van der Waals surface area contributed by atoms with Gasteiger partial charge in [0.2, 0.25) is 0 Å². The smallest absolute Gasteiger partial charge is 0.0303 e. The van der Waals surface area contributed by atoms with Gasteiger partial charge in [-0.15, -0.1) is 0 Å². The standard InChI is InChI=1S/C15H24Br2N2/c1-4-9-19(5-2)10-8-18-12(3)14-7-6-13(16)11-15(14)17/h6-7,11-12,18H,4-5,8-10H2,1-3H3. The van der Waals surface area contributed by atoms with Crippen LogP contribution in [0.1, 0.15) is 38.8 Å². The van der Waals surface area contributed by atoms with Gasteiger partial charge in [-0.3, -0.25) is 0 Å². The topological polar surface area (TPSA) is 15.3 Å². The molecule has 4 heteroatoms. The van der Waals surface area contributed by atoms with E-state index in [4.69, 9.17) is 0 Å². The van der Waals surface area contributed by atoms with Gasteiger partial charge in [0, 0.05) is 28.1 Å². The van der Waals surface area contributed by atoms with Crippen molar-refractivity contribution < 1.29 is 0 Å². The fourth-order valence-corrected chi connectivity index (χ4v) is 3.54. The Morgan fingerprint density at radius 1 is 1.21 bits per heavy atom. The second-order valence-corrected chi connectivity index (χ2v) is 6.55. The average Bonchev–Trinajstić information content (AvgIpc) is 2.37. The molecule has 0 saturated carbocycles. The van der Waals surface area contributed by atoms with Crippen molar-refractivity contribution in [1.82, 2.24) is 10.2 Å². The third-order valence-electron chi connectivity index (χ3n) is 3.29. The first-order valence-corrected chi connectivity index (χ1v) is 8.57. The third kappa shape index (κ3) is 5.94. The normalized spacial score (nSPS) is 12.9. The highest BCUT2D eigenvalue weighted by molar-refractivity contribution is 9.11. The number of nitrogens with zero attached hydrogens (tertiary/aromatic N) is 1. The minimum absolute atomic E-state index is 0.364. The Kier molecular flexibility index (Phi) is 8.23. The Hall–Kier alpha value is 0.1000. The van der Waals surface area contributed by atoms with Crippen LogP contribution in [-0.2, 0) is 0 Å². The molecule has 0 fully saturated rings. The van der Waals surface area contributed by atoms with E-state index in [1.807, 2.05) is 0 Å². The van der Waals surface area contributed by atoms with Crippen LogP contribution in [0.25, 0.3) is 0 Å². The lowest BCUT2D eigenvalue weighted by Gasteiger charge is -2.22. The Morgan fingerprint density at radius 3 is 2.53 bits per heavy atom. The molecule has 1 unspecified atom stereocenters. The number of benzene rings is 1. The molecular weight excluding hydrogens is 368 g/mol. The molecule has 0 aliphatic heterocycles. The molecule has 0 aliphatic carbocycles. The molecule has 0 aliphatic rings. The van der Waals surface area contributed by atoms with E-state index < -0.39 is 0 Å². The Balaban J connectivity index is 2.44. The highest BCUT2D eigenvalue weighted by atomic mass is 79.9. The summed E-state index contributed by atoms with van der Waals surface area (Å²) in [6.07, 6.45) is 1.22. The van der Waals surface area contributed by atoms with Crippen LogP contribution < -0.4 is 5.32 Å². The van der Waals surface area contributed by atoms with E-state index in [0.717, 1.165) is 28.6 Å². The molecule has 0 radical (unpaired) electrons. The molecule has 1 aromatic rings. The molecule has 19 heavy (non-hydrogen) atoms. The first-order chi connectivity index (χ1) is 9.08. The fourth-order valence-electron chi connectivity index (χ4n) is 2.15. The molecule has 108 valence electrons. The van der Waals surface area contributed by atoms with Crippen molar-refractivity contribution >= 4 is 31.9 Å². The second-order valence-electron chi connectivity index (χ2n) is 4.78. The van der Waals surface area contributed by atoms with Crippen LogP contribution >= 0.6 is 31.9 Å². The molecule has 0 spiro atoms. The van der Waals surface area contributed by atoms with E-state index in [-0.39, 0.29) is 0 Å². The van der Waals surface area contributed by atoms with Crippen LogP contribution in [0.5, 0.6) is 0 Å². The van der Waals surface area contributed by atoms with Crippen molar-refractivity contribution in [3.8, 4) is 0 Å². The van der Waals surface area contributed by atoms with Crippen molar-refractivity contribution in [2.75, 3.05) is 26.2 Å². The molecule has 0 aromatic heterocycles. The summed E-state index contributed by atoms with van der Waals surface area (Å²) in [4.78, 5) is 2.48. The maximum Gasteiger partial charge on any atom is 0.0303 e. The van der Waals surface area contributed by atoms with Gasteiger partial charge in [0.15, 0.2) is 0 Å². The predicted molar refractivity (Wildman–Crippen MR) is 90.7 cm³/mol. The highest BCUT2D eigenvalue weighted by Crippen LogP contribution is 2.26. The summed E-state index contributed by atoms with van der Waals surface area (Å²) in [5.74, 6) is 0. The minimum Gasteiger partial charge on any atom is -0.309 e. The zero-order chi connectivity index (χ0) is 14.3. The van der Waals surface area contributed by atoms with Gasteiger partial charge in [-0.1, -0.05) is 51.8 Å². The first kappa shape index (κ1) is 17.2. The molecule has 1 aromatic carbocycles. The zero-order valence-corrected chi connectivity index (χ0v) is 15.2. The van der Waals surface area contributed by atoms with E-state index >= 15 is 0 Å². The number of rotatable bonds is 8. The van der Waals surface area contributed by atoms with Gasteiger partial charge in [0.05, 0.1) is 0 Å². The maximum absolute atomic E-state index is 3.63. The fraction of sp³-hybridized carbons (Fsp3) is 0.600. The van der Waals surface area contributed by atoms with Crippen molar-refractivity contribution in [2.45, 2.75) is 33.2 Å². The van der Waals surface area contributed by atoms with Gasteiger partial charge in [-0.2, -0.15) is 0 Å². The second kappa shape index (κ2) is 9.11.